The number of carbonyl (C=O) groups excluding carboxylic acids is 2. The zero-order valence-electron chi connectivity index (χ0n) is 37.4. The van der Waals surface area contributed by atoms with E-state index in [0.29, 0.717) is 19.3 Å². The lowest BCUT2D eigenvalue weighted by molar-refractivity contribution is -0.151. The first-order valence-electron chi connectivity index (χ1n) is 23.6. The van der Waals surface area contributed by atoms with Crippen molar-refractivity contribution in [3.63, 3.8) is 0 Å². The van der Waals surface area contributed by atoms with E-state index >= 15 is 0 Å². The van der Waals surface area contributed by atoms with Crippen LogP contribution in [0, 0.1) is 0 Å². The third-order valence-corrected chi connectivity index (χ3v) is 10.1. The zero-order chi connectivity index (χ0) is 42.4. The van der Waals surface area contributed by atoms with E-state index in [-0.39, 0.29) is 24.9 Å². The summed E-state index contributed by atoms with van der Waals surface area (Å²) in [5.74, 6) is -0.554. The predicted molar refractivity (Wildman–Crippen MR) is 250 cm³/mol. The molecule has 6 nitrogen and oxygen atoms in total. The van der Waals surface area contributed by atoms with Crippen molar-refractivity contribution in [2.24, 2.45) is 0 Å². The third kappa shape index (κ3) is 39.6. The Morgan fingerprint density at radius 3 is 1.41 bits per heavy atom. The largest absolute Gasteiger partial charge is 0.462 e. The van der Waals surface area contributed by atoms with Crippen LogP contribution in [0.25, 0.3) is 0 Å². The number of ether oxygens (including phenoxy) is 1. The Bertz CT molecular complexity index is 1180. The van der Waals surface area contributed by atoms with Crippen molar-refractivity contribution in [2.45, 2.75) is 212 Å². The fourth-order valence-electron chi connectivity index (χ4n) is 6.57. The third-order valence-electron chi connectivity index (χ3n) is 10.1. The lowest BCUT2D eigenvalue weighted by Crippen LogP contribution is -2.46. The van der Waals surface area contributed by atoms with E-state index in [4.69, 9.17) is 4.74 Å². The predicted octanol–water partition coefficient (Wildman–Crippen LogP) is 13.8. The lowest BCUT2D eigenvalue weighted by atomic mass is 10.0. The minimum absolute atomic E-state index is 0.0405. The van der Waals surface area contributed by atoms with Crippen molar-refractivity contribution >= 4 is 11.9 Å². The molecule has 58 heavy (non-hydrogen) atoms. The Balaban J connectivity index is 4.74. The van der Waals surface area contributed by atoms with E-state index in [2.05, 4.69) is 80.8 Å². The van der Waals surface area contributed by atoms with Crippen molar-refractivity contribution < 1.29 is 24.5 Å². The summed E-state index contributed by atoms with van der Waals surface area (Å²) in [6.07, 6.45) is 58.9. The minimum Gasteiger partial charge on any atom is -0.462 e. The first-order valence-corrected chi connectivity index (χ1v) is 23.6. The fraction of sp³-hybridized carbons (Fsp3) is 0.654. The van der Waals surface area contributed by atoms with Gasteiger partial charge in [0, 0.05) is 6.42 Å². The Kier molecular flexibility index (Phi) is 42.4. The SMILES string of the molecule is CC/C=C/C=C/C=C\C=C/C=C/CCCCCC(=O)OC(CCCCCCC/C=C/C=C/C=C/CC)CC(=O)NC(CO)C(O)CCCCCCCCCCCCC. The molecule has 0 radical (unpaired) electrons. The van der Waals surface area contributed by atoms with E-state index in [0.717, 1.165) is 96.3 Å². The molecule has 0 fully saturated rings. The van der Waals surface area contributed by atoms with Crippen molar-refractivity contribution in [2.75, 3.05) is 6.61 Å². The number of nitrogens with one attached hydrogen (secondary N) is 1. The summed E-state index contributed by atoms with van der Waals surface area (Å²) in [5, 5.41) is 23.7. The minimum atomic E-state index is -0.805. The van der Waals surface area contributed by atoms with Crippen LogP contribution >= 0.6 is 0 Å². The first-order chi connectivity index (χ1) is 28.5. The van der Waals surface area contributed by atoms with Crippen LogP contribution in [0.4, 0.5) is 0 Å². The number of hydrogen-bond acceptors (Lipinski definition) is 5. The monoisotopic (exact) mass is 806 g/mol. The Morgan fingerprint density at radius 1 is 0.517 bits per heavy atom. The molecule has 0 aromatic rings. The van der Waals surface area contributed by atoms with Gasteiger partial charge in [0.05, 0.1) is 25.2 Å². The molecule has 0 saturated carbocycles. The number of rotatable bonds is 40. The van der Waals surface area contributed by atoms with Crippen LogP contribution in [0.5, 0.6) is 0 Å². The zero-order valence-corrected chi connectivity index (χ0v) is 37.4. The quantitative estimate of drug-likeness (QED) is 0.0326. The first kappa shape index (κ1) is 54.8. The molecule has 6 heteroatoms. The van der Waals surface area contributed by atoms with Gasteiger partial charge in [0.1, 0.15) is 6.10 Å². The van der Waals surface area contributed by atoms with E-state index in [1.54, 1.807) is 0 Å². The average Bonchev–Trinajstić information content (AvgIpc) is 3.22. The van der Waals surface area contributed by atoms with E-state index < -0.39 is 18.2 Å². The van der Waals surface area contributed by atoms with Gasteiger partial charge in [-0.05, 0) is 64.2 Å². The van der Waals surface area contributed by atoms with E-state index in [1.165, 1.54) is 51.4 Å². The lowest BCUT2D eigenvalue weighted by Gasteiger charge is -2.24. The number of aliphatic hydroxyl groups is 2. The maximum Gasteiger partial charge on any atom is 0.306 e. The maximum atomic E-state index is 13.2. The van der Waals surface area contributed by atoms with Gasteiger partial charge in [0.2, 0.25) is 5.91 Å². The molecule has 3 unspecified atom stereocenters. The number of aliphatic hydroxyl groups excluding tert-OH is 2. The fourth-order valence-corrected chi connectivity index (χ4v) is 6.57. The molecule has 0 rings (SSSR count). The summed E-state index contributed by atoms with van der Waals surface area (Å²) in [5.41, 5.74) is 0. The van der Waals surface area contributed by atoms with Crippen molar-refractivity contribution in [1.29, 1.82) is 0 Å². The van der Waals surface area contributed by atoms with Gasteiger partial charge in [-0.25, -0.2) is 0 Å². The Hall–Kier alpha value is -3.22. The highest BCUT2D eigenvalue weighted by Crippen LogP contribution is 2.17. The van der Waals surface area contributed by atoms with E-state index in [9.17, 15) is 19.8 Å². The second-order valence-electron chi connectivity index (χ2n) is 15.6. The summed E-state index contributed by atoms with van der Waals surface area (Å²) >= 11 is 0. The number of hydrogen-bond donors (Lipinski definition) is 3. The molecule has 3 N–H and O–H groups in total. The number of amides is 1. The molecule has 0 bridgehead atoms. The van der Waals surface area contributed by atoms with Crippen LogP contribution in [-0.4, -0.2) is 46.9 Å². The van der Waals surface area contributed by atoms with E-state index in [1.807, 2.05) is 42.5 Å². The second kappa shape index (κ2) is 44.9. The highest BCUT2D eigenvalue weighted by Gasteiger charge is 2.24. The average molecular weight is 806 g/mol. The summed E-state index contributed by atoms with van der Waals surface area (Å²) < 4.78 is 5.88. The van der Waals surface area contributed by atoms with Gasteiger partial charge in [0.25, 0.3) is 0 Å². The molecular formula is C52H87NO5. The second-order valence-corrected chi connectivity index (χ2v) is 15.6. The molecule has 330 valence electrons. The van der Waals surface area contributed by atoms with Crippen LogP contribution < -0.4 is 5.32 Å². The number of carbonyl (C=O) groups is 2. The molecule has 0 aromatic heterocycles. The van der Waals surface area contributed by atoms with Gasteiger partial charge in [-0.1, -0.05) is 214 Å². The summed E-state index contributed by atoms with van der Waals surface area (Å²) in [6, 6.07) is -0.722. The number of unbranched alkanes of at least 4 members (excludes halogenated alkanes) is 18. The van der Waals surface area contributed by atoms with Crippen LogP contribution in [0.1, 0.15) is 194 Å². The summed E-state index contributed by atoms with van der Waals surface area (Å²) in [6.45, 7) is 6.17. The molecule has 3 atom stereocenters. The topological polar surface area (TPSA) is 95.9 Å². The molecular weight excluding hydrogens is 719 g/mol. The number of allylic oxidation sites excluding steroid dienone is 16. The smallest absolute Gasteiger partial charge is 0.306 e. The maximum absolute atomic E-state index is 13.2. The molecule has 0 heterocycles. The van der Waals surface area contributed by atoms with Crippen LogP contribution in [0.3, 0.4) is 0 Å². The standard InChI is InChI=1S/C52H87NO5/c1-4-7-10-13-16-19-22-24-25-27-30-33-36-39-42-45-52(57)58-48(43-40-37-34-31-29-26-23-20-17-14-11-8-5-2)46-51(56)53-49(47-54)50(55)44-41-38-35-32-28-21-18-15-12-9-6-3/h7-8,10-11,13-14,16-17,19-20,22-25,27,30,48-50,54-55H,4-6,9,12,15,18,21,26,28-29,31-47H2,1-3H3,(H,53,56)/b10-7+,11-8+,16-13+,17-14+,22-19-,23-20+,25-24-,30-27+. The van der Waals surface area contributed by atoms with Crippen molar-refractivity contribution in [1.82, 2.24) is 5.32 Å². The molecule has 0 spiro atoms. The van der Waals surface area contributed by atoms with Gasteiger partial charge >= 0.3 is 5.97 Å². The van der Waals surface area contributed by atoms with Gasteiger partial charge in [-0.2, -0.15) is 0 Å². The normalized spacial score (nSPS) is 14.2. The molecule has 0 saturated heterocycles. The molecule has 0 aromatic carbocycles. The number of esters is 1. The Labute approximate surface area is 356 Å². The van der Waals surface area contributed by atoms with Crippen molar-refractivity contribution in [3.05, 3.63) is 97.2 Å². The van der Waals surface area contributed by atoms with Gasteiger partial charge in [-0.3, -0.25) is 9.59 Å². The molecule has 0 aliphatic rings. The summed E-state index contributed by atoms with van der Waals surface area (Å²) in [7, 11) is 0. The Morgan fingerprint density at radius 2 is 0.931 bits per heavy atom. The molecule has 0 aliphatic heterocycles. The van der Waals surface area contributed by atoms with Gasteiger partial charge in [-0.15, -0.1) is 0 Å². The molecule has 0 aliphatic carbocycles. The highest BCUT2D eigenvalue weighted by atomic mass is 16.5. The summed E-state index contributed by atoms with van der Waals surface area (Å²) in [4.78, 5) is 26.0. The van der Waals surface area contributed by atoms with Gasteiger partial charge in [0.15, 0.2) is 0 Å². The van der Waals surface area contributed by atoms with Crippen LogP contribution in [0.2, 0.25) is 0 Å². The van der Waals surface area contributed by atoms with Gasteiger partial charge < -0.3 is 20.3 Å². The highest BCUT2D eigenvalue weighted by molar-refractivity contribution is 5.77. The molecule has 1 amide bonds. The van der Waals surface area contributed by atoms with Crippen molar-refractivity contribution in [3.8, 4) is 0 Å². The van der Waals surface area contributed by atoms with Crippen LogP contribution in [0.15, 0.2) is 97.2 Å². The van der Waals surface area contributed by atoms with Crippen LogP contribution in [-0.2, 0) is 14.3 Å².